The monoisotopic (exact) mass is 598 g/mol. The first kappa shape index (κ1) is 25.9. The summed E-state index contributed by atoms with van der Waals surface area (Å²) in [5.74, 6) is 0. The standard InChI is InChI=1S/C43H26N4/c1-2-13-31(14-3-1)47-37-18-7-5-16-33(37)40-38(47)24-22-34-39(40)32-15-4-6-17-36(32)46-41(34)30-11-8-10-29(26-30)35-23-21-28-20-19-27-12-9-25-44-42(27)43(28)45-35/h1-26H. The molecule has 218 valence electrons. The number of rotatable bonds is 3. The van der Waals surface area contributed by atoms with Gasteiger partial charge in [0.2, 0.25) is 0 Å². The molecule has 0 aliphatic carbocycles. The highest BCUT2D eigenvalue weighted by Gasteiger charge is 2.19. The van der Waals surface area contributed by atoms with Crippen LogP contribution in [-0.2, 0) is 0 Å². The molecule has 0 radical (unpaired) electrons. The maximum atomic E-state index is 5.31. The minimum absolute atomic E-state index is 0.913. The van der Waals surface area contributed by atoms with Crippen LogP contribution in [0.4, 0.5) is 0 Å². The van der Waals surface area contributed by atoms with E-state index >= 15 is 0 Å². The van der Waals surface area contributed by atoms with E-state index in [2.05, 4.69) is 155 Å². The summed E-state index contributed by atoms with van der Waals surface area (Å²) in [5, 5.41) is 8.15. The Morgan fingerprint density at radius 3 is 2.13 bits per heavy atom. The Labute approximate surface area is 270 Å². The van der Waals surface area contributed by atoms with Crippen molar-refractivity contribution in [3.05, 3.63) is 158 Å². The van der Waals surface area contributed by atoms with Crippen molar-refractivity contribution >= 4 is 65.3 Å². The lowest BCUT2D eigenvalue weighted by molar-refractivity contribution is 1.18. The molecule has 0 amide bonds. The number of para-hydroxylation sites is 3. The maximum absolute atomic E-state index is 5.31. The number of hydrogen-bond acceptors (Lipinski definition) is 3. The fourth-order valence-corrected chi connectivity index (χ4v) is 7.29. The van der Waals surface area contributed by atoms with Gasteiger partial charge in [-0.1, -0.05) is 103 Å². The molecule has 6 aromatic carbocycles. The largest absolute Gasteiger partial charge is 0.309 e. The first-order valence-electron chi connectivity index (χ1n) is 15.9. The van der Waals surface area contributed by atoms with Crippen LogP contribution < -0.4 is 0 Å². The molecule has 0 N–H and O–H groups in total. The van der Waals surface area contributed by atoms with Crippen LogP contribution in [0.3, 0.4) is 0 Å². The summed E-state index contributed by atoms with van der Waals surface area (Å²) in [7, 11) is 0. The van der Waals surface area contributed by atoms with E-state index in [9.17, 15) is 0 Å². The number of aromatic nitrogens is 4. The van der Waals surface area contributed by atoms with Gasteiger partial charge in [-0.25, -0.2) is 9.97 Å². The first-order chi connectivity index (χ1) is 23.3. The van der Waals surface area contributed by atoms with Gasteiger partial charge < -0.3 is 4.57 Å². The van der Waals surface area contributed by atoms with Crippen LogP contribution in [0.15, 0.2) is 158 Å². The molecule has 0 saturated heterocycles. The minimum Gasteiger partial charge on any atom is -0.309 e. The number of fused-ring (bicyclic) bond motifs is 10. The Hall–Kier alpha value is -6.39. The maximum Gasteiger partial charge on any atom is 0.0972 e. The van der Waals surface area contributed by atoms with Crippen LogP contribution in [0.5, 0.6) is 0 Å². The lowest BCUT2D eigenvalue weighted by Crippen LogP contribution is -1.94. The summed E-state index contributed by atoms with van der Waals surface area (Å²) in [6, 6.07) is 53.5. The van der Waals surface area contributed by atoms with Crippen molar-refractivity contribution in [2.24, 2.45) is 0 Å². The molecule has 4 aromatic heterocycles. The lowest BCUT2D eigenvalue weighted by Gasteiger charge is -2.13. The summed E-state index contributed by atoms with van der Waals surface area (Å²) >= 11 is 0. The van der Waals surface area contributed by atoms with E-state index in [1.165, 1.54) is 27.2 Å². The van der Waals surface area contributed by atoms with Crippen molar-refractivity contribution in [3.63, 3.8) is 0 Å². The zero-order chi connectivity index (χ0) is 30.9. The van der Waals surface area contributed by atoms with E-state index in [4.69, 9.17) is 9.97 Å². The van der Waals surface area contributed by atoms with Crippen molar-refractivity contribution in [2.75, 3.05) is 0 Å². The fraction of sp³-hybridized carbons (Fsp3) is 0. The summed E-state index contributed by atoms with van der Waals surface area (Å²) in [6.45, 7) is 0. The second-order valence-corrected chi connectivity index (χ2v) is 12.0. The van der Waals surface area contributed by atoms with Crippen LogP contribution in [0, 0.1) is 0 Å². The SMILES string of the molecule is c1ccc(-n2c3ccccc3c3c4c(ccc32)c(-c2cccc(-c3ccc5ccc6cccnc6c5n3)c2)nc2ccccc24)cc1. The molecule has 4 heteroatoms. The molecule has 0 aliphatic heterocycles. The van der Waals surface area contributed by atoms with Crippen LogP contribution in [0.2, 0.25) is 0 Å². The predicted octanol–water partition coefficient (Wildman–Crippen LogP) is 10.9. The van der Waals surface area contributed by atoms with Gasteiger partial charge in [0.15, 0.2) is 0 Å². The van der Waals surface area contributed by atoms with E-state index < -0.39 is 0 Å². The van der Waals surface area contributed by atoms with Crippen LogP contribution in [0.1, 0.15) is 0 Å². The van der Waals surface area contributed by atoms with Gasteiger partial charge >= 0.3 is 0 Å². The van der Waals surface area contributed by atoms with Crippen LogP contribution in [0.25, 0.3) is 93.5 Å². The Kier molecular flexibility index (Phi) is 5.54. The van der Waals surface area contributed by atoms with Crippen molar-refractivity contribution < 1.29 is 0 Å². The normalized spacial score (nSPS) is 11.8. The molecular weight excluding hydrogens is 573 g/mol. The highest BCUT2D eigenvalue weighted by Crippen LogP contribution is 2.42. The molecule has 4 nitrogen and oxygen atoms in total. The average Bonchev–Trinajstić information content (AvgIpc) is 3.49. The molecule has 0 spiro atoms. The average molecular weight is 599 g/mol. The third kappa shape index (κ3) is 3.92. The number of pyridine rings is 3. The Balaban J connectivity index is 1.25. The summed E-state index contributed by atoms with van der Waals surface area (Å²) < 4.78 is 2.38. The van der Waals surface area contributed by atoms with Crippen molar-refractivity contribution in [2.45, 2.75) is 0 Å². The Bertz CT molecular complexity index is 2850. The van der Waals surface area contributed by atoms with E-state index in [0.717, 1.165) is 66.3 Å². The summed E-state index contributed by atoms with van der Waals surface area (Å²) in [6.07, 6.45) is 1.83. The number of benzene rings is 6. The van der Waals surface area contributed by atoms with Crippen LogP contribution >= 0.6 is 0 Å². The van der Waals surface area contributed by atoms with E-state index in [0.29, 0.717) is 0 Å². The van der Waals surface area contributed by atoms with Gasteiger partial charge in [-0.05, 0) is 48.5 Å². The topological polar surface area (TPSA) is 43.6 Å². The van der Waals surface area contributed by atoms with Crippen molar-refractivity contribution in [3.8, 4) is 28.2 Å². The Morgan fingerprint density at radius 2 is 1.21 bits per heavy atom. The fourth-order valence-electron chi connectivity index (χ4n) is 7.29. The van der Waals surface area contributed by atoms with Crippen molar-refractivity contribution in [1.29, 1.82) is 0 Å². The van der Waals surface area contributed by atoms with Gasteiger partial charge in [-0.2, -0.15) is 0 Å². The van der Waals surface area contributed by atoms with Crippen LogP contribution in [-0.4, -0.2) is 19.5 Å². The van der Waals surface area contributed by atoms with E-state index in [1.807, 2.05) is 12.3 Å². The van der Waals surface area contributed by atoms with Crippen molar-refractivity contribution in [1.82, 2.24) is 19.5 Å². The highest BCUT2D eigenvalue weighted by atomic mass is 15.0. The van der Waals surface area contributed by atoms with E-state index in [1.54, 1.807) is 0 Å². The molecule has 0 aliphatic rings. The summed E-state index contributed by atoms with van der Waals surface area (Å²) in [4.78, 5) is 15.1. The van der Waals surface area contributed by atoms with Gasteiger partial charge in [0.1, 0.15) is 0 Å². The molecule has 4 heterocycles. The minimum atomic E-state index is 0.913. The third-order valence-electron chi connectivity index (χ3n) is 9.38. The zero-order valence-electron chi connectivity index (χ0n) is 25.3. The molecule has 0 atom stereocenters. The van der Waals surface area contributed by atoms with E-state index in [-0.39, 0.29) is 0 Å². The molecule has 0 bridgehead atoms. The summed E-state index contributed by atoms with van der Waals surface area (Å²) in [5.41, 5.74) is 10.3. The lowest BCUT2D eigenvalue weighted by atomic mass is 9.95. The smallest absolute Gasteiger partial charge is 0.0972 e. The van der Waals surface area contributed by atoms with Gasteiger partial charge in [0.25, 0.3) is 0 Å². The number of hydrogen-bond donors (Lipinski definition) is 0. The van der Waals surface area contributed by atoms with Gasteiger partial charge in [-0.15, -0.1) is 0 Å². The highest BCUT2D eigenvalue weighted by molar-refractivity contribution is 6.29. The van der Waals surface area contributed by atoms with Gasteiger partial charge in [0.05, 0.1) is 39.0 Å². The number of nitrogens with zero attached hydrogens (tertiary/aromatic N) is 4. The third-order valence-corrected chi connectivity index (χ3v) is 9.38. The van der Waals surface area contributed by atoms with Gasteiger partial charge in [-0.3, -0.25) is 4.98 Å². The van der Waals surface area contributed by atoms with Gasteiger partial charge in [0, 0.05) is 60.7 Å². The first-order valence-corrected chi connectivity index (χ1v) is 15.9. The molecule has 0 saturated carbocycles. The molecule has 0 unspecified atom stereocenters. The predicted molar refractivity (Wildman–Crippen MR) is 195 cm³/mol. The zero-order valence-corrected chi connectivity index (χ0v) is 25.3. The second kappa shape index (κ2) is 10.1. The molecular formula is C43H26N4. The Morgan fingerprint density at radius 1 is 0.447 bits per heavy atom. The molecule has 47 heavy (non-hydrogen) atoms. The second-order valence-electron chi connectivity index (χ2n) is 12.0. The molecule has 0 fully saturated rings. The molecule has 10 rings (SSSR count). The molecule has 10 aromatic rings. The quantitative estimate of drug-likeness (QED) is 0.190.